The lowest BCUT2D eigenvalue weighted by Gasteiger charge is -2.26. The predicted octanol–water partition coefficient (Wildman–Crippen LogP) is 4.26. The van der Waals surface area contributed by atoms with E-state index in [1.807, 2.05) is 44.1 Å². The first-order chi connectivity index (χ1) is 17.2. The molecule has 2 N–H and O–H groups in total. The Bertz CT molecular complexity index is 1300. The molecular weight excluding hydrogens is 456 g/mol. The smallest absolute Gasteiger partial charge is 0.295 e. The summed E-state index contributed by atoms with van der Waals surface area (Å²) in [5.74, 6) is -1.06. The molecule has 1 unspecified atom stereocenters. The summed E-state index contributed by atoms with van der Waals surface area (Å²) in [5.41, 5.74) is 3.14. The van der Waals surface area contributed by atoms with E-state index in [0.29, 0.717) is 36.6 Å². The summed E-state index contributed by atoms with van der Waals surface area (Å²) in [6.07, 6.45) is 0. The van der Waals surface area contributed by atoms with Crippen molar-refractivity contribution in [2.24, 2.45) is 0 Å². The average molecular weight is 487 g/mol. The molecule has 7 heteroatoms. The van der Waals surface area contributed by atoms with Gasteiger partial charge in [-0.2, -0.15) is 0 Å². The minimum Gasteiger partial charge on any atom is -0.508 e. The first-order valence-corrected chi connectivity index (χ1v) is 11.8. The SMILES string of the molecule is Cc1cccc(COc2ccc(/C(O)=C3/C(=O)C(=O)N(CCN(C)C)C3c3cccc(O)c3)cc2)c1. The van der Waals surface area contributed by atoms with Gasteiger partial charge < -0.3 is 24.7 Å². The molecule has 3 aromatic rings. The van der Waals surface area contributed by atoms with Crippen LogP contribution in [0, 0.1) is 6.92 Å². The highest BCUT2D eigenvalue weighted by molar-refractivity contribution is 6.46. The minimum absolute atomic E-state index is 0.00205. The molecule has 1 fully saturated rings. The van der Waals surface area contributed by atoms with Crippen molar-refractivity contribution in [2.75, 3.05) is 27.2 Å². The topological polar surface area (TPSA) is 90.3 Å². The van der Waals surface area contributed by atoms with Gasteiger partial charge in [0.1, 0.15) is 23.9 Å². The van der Waals surface area contributed by atoms with Crippen molar-refractivity contribution in [2.45, 2.75) is 19.6 Å². The molecule has 1 aliphatic rings. The molecule has 36 heavy (non-hydrogen) atoms. The van der Waals surface area contributed by atoms with E-state index in [0.717, 1.165) is 11.1 Å². The van der Waals surface area contributed by atoms with Crippen molar-refractivity contribution in [3.8, 4) is 11.5 Å². The molecule has 1 heterocycles. The number of ketones is 1. The number of aliphatic hydroxyl groups is 1. The van der Waals surface area contributed by atoms with Gasteiger partial charge in [0.05, 0.1) is 11.6 Å². The van der Waals surface area contributed by atoms with Gasteiger partial charge in [0, 0.05) is 18.7 Å². The molecule has 4 rings (SSSR count). The Labute approximate surface area is 210 Å². The van der Waals surface area contributed by atoms with Gasteiger partial charge in [-0.05, 0) is 68.5 Å². The normalized spacial score (nSPS) is 17.1. The number of rotatable bonds is 8. The van der Waals surface area contributed by atoms with Crippen molar-refractivity contribution in [1.29, 1.82) is 0 Å². The monoisotopic (exact) mass is 486 g/mol. The number of Topliss-reactive ketones (excluding diaryl/α,β-unsaturated/α-hetero) is 1. The first-order valence-electron chi connectivity index (χ1n) is 11.8. The molecule has 3 aromatic carbocycles. The Morgan fingerprint density at radius 1 is 1.00 bits per heavy atom. The zero-order valence-electron chi connectivity index (χ0n) is 20.6. The molecule has 0 saturated carbocycles. The standard InChI is InChI=1S/C29H30N2O5/c1-19-6-4-7-20(16-19)18-36-24-12-10-21(11-13-24)27(33)25-26(22-8-5-9-23(32)17-22)31(15-14-30(2)3)29(35)28(25)34/h4-13,16-17,26,32-33H,14-15,18H2,1-3H3/b27-25-. The fourth-order valence-electron chi connectivity index (χ4n) is 4.29. The summed E-state index contributed by atoms with van der Waals surface area (Å²) in [4.78, 5) is 29.4. The summed E-state index contributed by atoms with van der Waals surface area (Å²) in [7, 11) is 3.76. The van der Waals surface area contributed by atoms with Crippen LogP contribution in [-0.2, 0) is 16.2 Å². The van der Waals surface area contributed by atoms with E-state index in [-0.39, 0.29) is 17.1 Å². The average Bonchev–Trinajstić information content (AvgIpc) is 3.11. The number of ether oxygens (including phenoxy) is 1. The van der Waals surface area contributed by atoms with Gasteiger partial charge in [-0.1, -0.05) is 42.0 Å². The number of likely N-dealkylation sites (N-methyl/N-ethyl adjacent to an activating group) is 1. The fourth-order valence-corrected chi connectivity index (χ4v) is 4.29. The quantitative estimate of drug-likeness (QED) is 0.281. The van der Waals surface area contributed by atoms with E-state index in [1.54, 1.807) is 36.4 Å². The molecule has 0 aliphatic carbocycles. The Balaban J connectivity index is 1.64. The second kappa shape index (κ2) is 10.7. The van der Waals surface area contributed by atoms with Crippen LogP contribution in [0.3, 0.4) is 0 Å². The zero-order chi connectivity index (χ0) is 25.8. The fraction of sp³-hybridized carbons (Fsp3) is 0.241. The third-order valence-corrected chi connectivity index (χ3v) is 6.13. The second-order valence-corrected chi connectivity index (χ2v) is 9.19. The Morgan fingerprint density at radius 3 is 2.39 bits per heavy atom. The summed E-state index contributed by atoms with van der Waals surface area (Å²) in [6, 6.07) is 20.4. The van der Waals surface area contributed by atoms with E-state index >= 15 is 0 Å². The molecule has 7 nitrogen and oxygen atoms in total. The summed E-state index contributed by atoms with van der Waals surface area (Å²) < 4.78 is 5.86. The Morgan fingerprint density at radius 2 is 1.72 bits per heavy atom. The maximum Gasteiger partial charge on any atom is 0.295 e. The number of benzene rings is 3. The van der Waals surface area contributed by atoms with Crippen LogP contribution >= 0.6 is 0 Å². The van der Waals surface area contributed by atoms with Crippen molar-refractivity contribution >= 4 is 17.4 Å². The number of carbonyl (C=O) groups is 2. The molecule has 1 atom stereocenters. The number of aryl methyl sites for hydroxylation is 1. The van der Waals surface area contributed by atoms with Gasteiger partial charge in [-0.3, -0.25) is 9.59 Å². The van der Waals surface area contributed by atoms with Crippen molar-refractivity contribution in [3.63, 3.8) is 0 Å². The number of aliphatic hydroxyl groups excluding tert-OH is 1. The lowest BCUT2D eigenvalue weighted by atomic mass is 9.95. The number of amides is 1. The molecular formula is C29H30N2O5. The van der Waals surface area contributed by atoms with Gasteiger partial charge in [-0.15, -0.1) is 0 Å². The van der Waals surface area contributed by atoms with E-state index in [1.165, 1.54) is 17.0 Å². The van der Waals surface area contributed by atoms with E-state index in [9.17, 15) is 19.8 Å². The van der Waals surface area contributed by atoms with Crippen LogP contribution in [-0.4, -0.2) is 58.9 Å². The van der Waals surface area contributed by atoms with Crippen molar-refractivity contribution in [3.05, 3.63) is 101 Å². The second-order valence-electron chi connectivity index (χ2n) is 9.19. The van der Waals surface area contributed by atoms with E-state index in [2.05, 4.69) is 6.07 Å². The Kier molecular flexibility index (Phi) is 7.41. The number of hydrogen-bond donors (Lipinski definition) is 2. The molecule has 0 spiro atoms. The summed E-state index contributed by atoms with van der Waals surface area (Å²) in [6.45, 7) is 3.26. The van der Waals surface area contributed by atoms with Gasteiger partial charge in [0.25, 0.3) is 11.7 Å². The molecule has 1 saturated heterocycles. The maximum absolute atomic E-state index is 13.1. The molecule has 1 amide bonds. The summed E-state index contributed by atoms with van der Waals surface area (Å²) >= 11 is 0. The van der Waals surface area contributed by atoms with Gasteiger partial charge >= 0.3 is 0 Å². The van der Waals surface area contributed by atoms with Gasteiger partial charge in [-0.25, -0.2) is 0 Å². The molecule has 0 aromatic heterocycles. The zero-order valence-corrected chi connectivity index (χ0v) is 20.6. The highest BCUT2D eigenvalue weighted by atomic mass is 16.5. The van der Waals surface area contributed by atoms with Gasteiger partial charge in [0.15, 0.2) is 0 Å². The lowest BCUT2D eigenvalue weighted by Crippen LogP contribution is -2.35. The van der Waals surface area contributed by atoms with Crippen LogP contribution in [0.25, 0.3) is 5.76 Å². The molecule has 1 aliphatic heterocycles. The van der Waals surface area contributed by atoms with Crippen molar-refractivity contribution < 1.29 is 24.5 Å². The molecule has 0 bridgehead atoms. The third-order valence-electron chi connectivity index (χ3n) is 6.13. The number of aromatic hydroxyl groups is 1. The summed E-state index contributed by atoms with van der Waals surface area (Å²) in [5, 5.41) is 21.2. The number of phenolic OH excluding ortho intramolecular Hbond substituents is 1. The highest BCUT2D eigenvalue weighted by Crippen LogP contribution is 2.40. The number of phenols is 1. The minimum atomic E-state index is -0.811. The Hall–Kier alpha value is -4.10. The number of hydrogen-bond acceptors (Lipinski definition) is 6. The lowest BCUT2D eigenvalue weighted by molar-refractivity contribution is -0.140. The van der Waals surface area contributed by atoms with E-state index in [4.69, 9.17) is 4.74 Å². The first kappa shape index (κ1) is 25.0. The largest absolute Gasteiger partial charge is 0.508 e. The van der Waals surface area contributed by atoms with Crippen LogP contribution in [0.15, 0.2) is 78.4 Å². The number of likely N-dealkylation sites (tertiary alicyclic amines) is 1. The van der Waals surface area contributed by atoms with Crippen molar-refractivity contribution in [1.82, 2.24) is 9.80 Å². The highest BCUT2D eigenvalue weighted by Gasteiger charge is 2.46. The van der Waals surface area contributed by atoms with Gasteiger partial charge in [0.2, 0.25) is 0 Å². The molecule has 186 valence electrons. The van der Waals surface area contributed by atoms with Crippen LogP contribution in [0.2, 0.25) is 0 Å². The third kappa shape index (κ3) is 5.42. The maximum atomic E-state index is 13.1. The van der Waals surface area contributed by atoms with Crippen LogP contribution in [0.5, 0.6) is 11.5 Å². The number of nitrogens with zero attached hydrogens (tertiary/aromatic N) is 2. The van der Waals surface area contributed by atoms with Crippen LogP contribution in [0.1, 0.15) is 28.3 Å². The van der Waals surface area contributed by atoms with E-state index < -0.39 is 17.7 Å². The molecule has 0 radical (unpaired) electrons. The number of carbonyl (C=O) groups excluding carboxylic acids is 2. The van der Waals surface area contributed by atoms with Crippen LogP contribution < -0.4 is 4.74 Å². The van der Waals surface area contributed by atoms with Crippen LogP contribution in [0.4, 0.5) is 0 Å². The predicted molar refractivity (Wildman–Crippen MR) is 138 cm³/mol.